The Hall–Kier alpha value is -6.24. The van der Waals surface area contributed by atoms with Crippen LogP contribution in [0, 0.1) is 6.92 Å². The highest BCUT2D eigenvalue weighted by atomic mass is 16.5. The lowest BCUT2D eigenvalue weighted by Gasteiger charge is -2.28. The SMILES string of the molecule is COc1cc(C2NC(=O)c3cc(C)ccc3N2)ccc1OCCCCCCCOc1c(OC)cc(-c2cc(-c3cc(OC)c(OC)c(OC)c3)on2)cc1OC. The number of nitrogens with one attached hydrogen (secondary N) is 2. The van der Waals surface area contributed by atoms with Gasteiger partial charge >= 0.3 is 0 Å². The highest BCUT2D eigenvalue weighted by Gasteiger charge is 2.26. The molecule has 5 aromatic rings. The molecule has 0 saturated heterocycles. The number of ether oxygens (including phenoxy) is 8. The van der Waals surface area contributed by atoms with E-state index >= 15 is 0 Å². The Morgan fingerprint density at radius 2 is 1.20 bits per heavy atom. The van der Waals surface area contributed by atoms with Crippen LogP contribution in [-0.4, -0.2) is 66.9 Å². The van der Waals surface area contributed by atoms with Crippen LogP contribution in [0.1, 0.15) is 59.8 Å². The fourth-order valence-corrected chi connectivity index (χ4v) is 6.55. The Labute approximate surface area is 327 Å². The molecule has 1 aliphatic heterocycles. The number of benzene rings is 4. The van der Waals surface area contributed by atoms with Crippen molar-refractivity contribution in [3.8, 4) is 68.6 Å². The summed E-state index contributed by atoms with van der Waals surface area (Å²) in [6.45, 7) is 3.03. The maximum atomic E-state index is 12.7. The van der Waals surface area contributed by atoms with Gasteiger partial charge in [0.25, 0.3) is 5.91 Å². The van der Waals surface area contributed by atoms with Crippen molar-refractivity contribution in [3.63, 3.8) is 0 Å². The summed E-state index contributed by atoms with van der Waals surface area (Å²) in [5, 5.41) is 10.7. The molecule has 4 aromatic carbocycles. The first-order chi connectivity index (χ1) is 27.3. The molecule has 1 amide bonds. The Bertz CT molecular complexity index is 2080. The number of hydrogen-bond acceptors (Lipinski definition) is 12. The molecule has 1 atom stereocenters. The molecule has 296 valence electrons. The lowest BCUT2D eigenvalue weighted by Crippen LogP contribution is -2.38. The number of amides is 1. The number of carbonyl (C=O) groups excluding carboxylic acids is 1. The predicted molar refractivity (Wildman–Crippen MR) is 212 cm³/mol. The lowest BCUT2D eigenvalue weighted by molar-refractivity contribution is 0.0935. The van der Waals surface area contributed by atoms with Crippen molar-refractivity contribution in [1.29, 1.82) is 0 Å². The number of aromatic nitrogens is 1. The summed E-state index contributed by atoms with van der Waals surface area (Å²) < 4.78 is 51.5. The molecule has 0 spiro atoms. The minimum Gasteiger partial charge on any atom is -0.493 e. The molecule has 13 heteroatoms. The van der Waals surface area contributed by atoms with Gasteiger partial charge < -0.3 is 53.1 Å². The number of aryl methyl sites for hydroxylation is 1. The van der Waals surface area contributed by atoms with Gasteiger partial charge in [-0.25, -0.2) is 0 Å². The van der Waals surface area contributed by atoms with Gasteiger partial charge in [-0.1, -0.05) is 42.1 Å². The topological polar surface area (TPSA) is 141 Å². The van der Waals surface area contributed by atoms with Gasteiger partial charge in [-0.15, -0.1) is 0 Å². The normalized spacial score (nSPS) is 13.2. The highest BCUT2D eigenvalue weighted by Crippen LogP contribution is 2.44. The van der Waals surface area contributed by atoms with Gasteiger partial charge in [0.2, 0.25) is 11.5 Å². The molecule has 2 N–H and O–H groups in total. The first-order valence-electron chi connectivity index (χ1n) is 18.5. The molecule has 6 rings (SSSR count). The number of nitrogens with zero attached hydrogens (tertiary/aromatic N) is 1. The molecule has 1 unspecified atom stereocenters. The minimum absolute atomic E-state index is 0.110. The third kappa shape index (κ3) is 8.83. The van der Waals surface area contributed by atoms with Crippen molar-refractivity contribution in [2.24, 2.45) is 0 Å². The van der Waals surface area contributed by atoms with E-state index in [1.54, 1.807) is 54.8 Å². The average molecular weight is 768 g/mol. The van der Waals surface area contributed by atoms with Crippen molar-refractivity contribution in [2.45, 2.75) is 45.2 Å². The number of fused-ring (bicyclic) bond motifs is 1. The van der Waals surface area contributed by atoms with Crippen LogP contribution in [-0.2, 0) is 0 Å². The first-order valence-corrected chi connectivity index (χ1v) is 18.5. The molecule has 0 radical (unpaired) electrons. The van der Waals surface area contributed by atoms with E-state index in [1.165, 1.54) is 0 Å². The summed E-state index contributed by atoms with van der Waals surface area (Å²) >= 11 is 0. The van der Waals surface area contributed by atoms with Gasteiger partial charge in [0, 0.05) is 22.9 Å². The Kier molecular flexibility index (Phi) is 13.0. The van der Waals surface area contributed by atoms with Gasteiger partial charge in [-0.05, 0) is 73.9 Å². The van der Waals surface area contributed by atoms with E-state index < -0.39 is 0 Å². The molecule has 2 heterocycles. The van der Waals surface area contributed by atoms with Crippen LogP contribution < -0.4 is 48.5 Å². The second-order valence-corrected chi connectivity index (χ2v) is 13.2. The summed E-state index contributed by atoms with van der Waals surface area (Å²) in [7, 11) is 9.48. The fraction of sp³-hybridized carbons (Fsp3) is 0.349. The van der Waals surface area contributed by atoms with E-state index in [0.29, 0.717) is 81.8 Å². The zero-order valence-electron chi connectivity index (χ0n) is 32.9. The predicted octanol–water partition coefficient (Wildman–Crippen LogP) is 8.63. The maximum Gasteiger partial charge on any atom is 0.255 e. The van der Waals surface area contributed by atoms with Crippen LogP contribution in [0.3, 0.4) is 0 Å². The van der Waals surface area contributed by atoms with Crippen LogP contribution in [0.15, 0.2) is 71.3 Å². The third-order valence-electron chi connectivity index (χ3n) is 9.52. The van der Waals surface area contributed by atoms with Crippen molar-refractivity contribution >= 4 is 11.6 Å². The smallest absolute Gasteiger partial charge is 0.255 e. The minimum atomic E-state index is -0.373. The second-order valence-electron chi connectivity index (χ2n) is 13.2. The lowest BCUT2D eigenvalue weighted by atomic mass is 10.0. The van der Waals surface area contributed by atoms with Crippen molar-refractivity contribution < 1.29 is 47.2 Å². The number of carbonyl (C=O) groups is 1. The van der Waals surface area contributed by atoms with Gasteiger partial charge in [0.15, 0.2) is 40.3 Å². The third-order valence-corrected chi connectivity index (χ3v) is 9.52. The molecule has 0 bridgehead atoms. The van der Waals surface area contributed by atoms with E-state index in [4.69, 9.17) is 42.4 Å². The Morgan fingerprint density at radius 1 is 0.589 bits per heavy atom. The van der Waals surface area contributed by atoms with Gasteiger partial charge in [-0.3, -0.25) is 4.79 Å². The van der Waals surface area contributed by atoms with Crippen LogP contribution in [0.2, 0.25) is 0 Å². The fourth-order valence-electron chi connectivity index (χ4n) is 6.55. The van der Waals surface area contributed by atoms with Crippen molar-refractivity contribution in [3.05, 3.63) is 83.4 Å². The van der Waals surface area contributed by atoms with Crippen LogP contribution in [0.25, 0.3) is 22.6 Å². The molecule has 1 aromatic heterocycles. The number of unbranched alkanes of at least 4 members (excludes halogenated alkanes) is 4. The molecule has 0 fully saturated rings. The monoisotopic (exact) mass is 767 g/mol. The molecule has 1 aliphatic rings. The summed E-state index contributed by atoms with van der Waals surface area (Å²) in [6.07, 6.45) is 4.42. The summed E-state index contributed by atoms with van der Waals surface area (Å²) in [5.41, 5.74) is 5.39. The number of rotatable bonds is 19. The van der Waals surface area contributed by atoms with E-state index in [2.05, 4.69) is 15.8 Å². The first kappa shape index (κ1) is 39.5. The maximum absolute atomic E-state index is 12.7. The van der Waals surface area contributed by atoms with Crippen molar-refractivity contribution in [2.75, 3.05) is 61.2 Å². The molecule has 0 saturated carbocycles. The van der Waals surface area contributed by atoms with Crippen LogP contribution in [0.5, 0.6) is 46.0 Å². The molecular weight excluding hydrogens is 718 g/mol. The van der Waals surface area contributed by atoms with Gasteiger partial charge in [-0.2, -0.15) is 0 Å². The molecule has 56 heavy (non-hydrogen) atoms. The largest absolute Gasteiger partial charge is 0.493 e. The standard InChI is InChI=1S/C43H49N3O10/c1-26-13-15-31-30(19-26)43(47)45-42(44-31)27-14-16-33(35(20-27)48-2)54-17-11-9-8-10-12-18-55-41-38(51-5)21-28(22-39(41)52-6)32-25-34(56-46-32)29-23-36(49-3)40(53-7)37(24-29)50-4/h13-16,19-25,42,44H,8-12,17-18H2,1-7H3,(H,45,47). The van der Waals surface area contributed by atoms with Crippen molar-refractivity contribution in [1.82, 2.24) is 10.5 Å². The highest BCUT2D eigenvalue weighted by molar-refractivity contribution is 6.02. The number of methoxy groups -OCH3 is 6. The summed E-state index contributed by atoms with van der Waals surface area (Å²) in [5.74, 6) is 4.77. The zero-order valence-corrected chi connectivity index (χ0v) is 32.9. The van der Waals surface area contributed by atoms with Crippen LogP contribution >= 0.6 is 0 Å². The van der Waals surface area contributed by atoms with E-state index in [0.717, 1.165) is 54.5 Å². The van der Waals surface area contributed by atoms with Gasteiger partial charge in [0.1, 0.15) is 11.9 Å². The molecule has 13 nitrogen and oxygen atoms in total. The van der Waals surface area contributed by atoms with E-state index in [1.807, 2.05) is 61.5 Å². The average Bonchev–Trinajstić information content (AvgIpc) is 3.73. The Balaban J connectivity index is 0.964. The van der Waals surface area contributed by atoms with E-state index in [9.17, 15) is 4.79 Å². The Morgan fingerprint density at radius 3 is 1.84 bits per heavy atom. The van der Waals surface area contributed by atoms with Crippen LogP contribution in [0.4, 0.5) is 5.69 Å². The number of anilines is 1. The quantitative estimate of drug-likeness (QED) is 0.0777. The zero-order chi connectivity index (χ0) is 39.6. The molecule has 0 aliphatic carbocycles. The summed E-state index contributed by atoms with van der Waals surface area (Å²) in [4.78, 5) is 12.7. The second kappa shape index (κ2) is 18.4. The number of hydrogen-bond donors (Lipinski definition) is 2. The van der Waals surface area contributed by atoms with Gasteiger partial charge in [0.05, 0.1) is 61.4 Å². The summed E-state index contributed by atoms with van der Waals surface area (Å²) in [6, 6.07) is 20.7. The molecular formula is C43H49N3O10. The van der Waals surface area contributed by atoms with E-state index in [-0.39, 0.29) is 12.1 Å².